The summed E-state index contributed by atoms with van der Waals surface area (Å²) in [4.78, 5) is 18.6. The van der Waals surface area contributed by atoms with Gasteiger partial charge in [0.15, 0.2) is 0 Å². The van der Waals surface area contributed by atoms with E-state index in [4.69, 9.17) is 9.47 Å². The summed E-state index contributed by atoms with van der Waals surface area (Å²) < 4.78 is 10.9. The summed E-state index contributed by atoms with van der Waals surface area (Å²) in [5.74, 6) is 0.670. The SMILES string of the molecule is CCN1Cc2nc(OC)c(CN[C@H]3CCCOC3)cc2C1=O. The number of rotatable bonds is 5. The standard InChI is InChI=1S/C16H23N3O3/c1-3-19-9-14-13(16(19)20)7-11(15(18-14)21-2)8-17-12-5-4-6-22-10-12/h7,12,17H,3-6,8-10H2,1-2H3/t12-/m0/s1. The second-order valence-electron chi connectivity index (χ2n) is 5.77. The molecule has 6 heteroatoms. The zero-order valence-electron chi connectivity index (χ0n) is 13.2. The lowest BCUT2D eigenvalue weighted by molar-refractivity contribution is 0.0698. The third-order valence-electron chi connectivity index (χ3n) is 4.32. The van der Waals surface area contributed by atoms with Crippen LogP contribution >= 0.6 is 0 Å². The van der Waals surface area contributed by atoms with E-state index in [1.165, 1.54) is 0 Å². The molecule has 6 nitrogen and oxygen atoms in total. The number of hydrogen-bond donors (Lipinski definition) is 1. The van der Waals surface area contributed by atoms with Gasteiger partial charge in [-0.15, -0.1) is 0 Å². The van der Waals surface area contributed by atoms with Gasteiger partial charge in [0.25, 0.3) is 5.91 Å². The molecule has 0 aliphatic carbocycles. The summed E-state index contributed by atoms with van der Waals surface area (Å²) in [6.07, 6.45) is 2.20. The molecule has 1 fully saturated rings. The lowest BCUT2D eigenvalue weighted by Crippen LogP contribution is -2.36. The van der Waals surface area contributed by atoms with Crippen LogP contribution in [0.15, 0.2) is 6.07 Å². The molecule has 1 aromatic rings. The quantitative estimate of drug-likeness (QED) is 0.889. The number of pyridine rings is 1. The fraction of sp³-hybridized carbons (Fsp3) is 0.625. The minimum atomic E-state index is 0.0647. The van der Waals surface area contributed by atoms with E-state index in [1.807, 2.05) is 13.0 Å². The molecule has 1 saturated heterocycles. The molecule has 0 radical (unpaired) electrons. The van der Waals surface area contributed by atoms with Gasteiger partial charge >= 0.3 is 0 Å². The highest BCUT2D eigenvalue weighted by Gasteiger charge is 2.29. The third kappa shape index (κ3) is 2.94. The molecule has 1 atom stereocenters. The number of fused-ring (bicyclic) bond motifs is 1. The molecule has 0 unspecified atom stereocenters. The van der Waals surface area contributed by atoms with Gasteiger partial charge in [-0.3, -0.25) is 4.79 Å². The van der Waals surface area contributed by atoms with E-state index >= 15 is 0 Å². The Morgan fingerprint density at radius 1 is 1.55 bits per heavy atom. The average molecular weight is 305 g/mol. The van der Waals surface area contributed by atoms with Crippen LogP contribution in [-0.2, 0) is 17.8 Å². The lowest BCUT2D eigenvalue weighted by atomic mass is 10.1. The van der Waals surface area contributed by atoms with Crippen molar-refractivity contribution in [3.05, 3.63) is 22.9 Å². The molecule has 1 N–H and O–H groups in total. The highest BCUT2D eigenvalue weighted by Crippen LogP contribution is 2.27. The van der Waals surface area contributed by atoms with E-state index in [9.17, 15) is 4.79 Å². The molecule has 0 bridgehead atoms. The van der Waals surface area contributed by atoms with Gasteiger partial charge in [-0.05, 0) is 25.8 Å². The molecule has 3 heterocycles. The van der Waals surface area contributed by atoms with Gasteiger partial charge in [-0.2, -0.15) is 0 Å². The fourth-order valence-electron chi connectivity index (χ4n) is 3.02. The Morgan fingerprint density at radius 2 is 2.41 bits per heavy atom. The zero-order valence-corrected chi connectivity index (χ0v) is 13.2. The van der Waals surface area contributed by atoms with Crippen LogP contribution in [0.1, 0.15) is 41.4 Å². The van der Waals surface area contributed by atoms with Crippen molar-refractivity contribution in [3.8, 4) is 5.88 Å². The average Bonchev–Trinajstić information content (AvgIpc) is 2.88. The van der Waals surface area contributed by atoms with Gasteiger partial charge in [0.2, 0.25) is 5.88 Å². The summed E-state index contributed by atoms with van der Waals surface area (Å²) in [6.45, 7) is 5.48. The van der Waals surface area contributed by atoms with Crippen LogP contribution in [-0.4, -0.2) is 48.7 Å². The minimum absolute atomic E-state index is 0.0647. The van der Waals surface area contributed by atoms with Crippen LogP contribution < -0.4 is 10.1 Å². The van der Waals surface area contributed by atoms with Gasteiger partial charge in [0.1, 0.15) is 0 Å². The topological polar surface area (TPSA) is 63.7 Å². The summed E-state index contributed by atoms with van der Waals surface area (Å²) in [7, 11) is 1.62. The van der Waals surface area contributed by atoms with Crippen molar-refractivity contribution >= 4 is 5.91 Å². The maximum Gasteiger partial charge on any atom is 0.256 e. The zero-order chi connectivity index (χ0) is 15.5. The molecule has 3 rings (SSSR count). The first-order valence-corrected chi connectivity index (χ1v) is 7.90. The summed E-state index contributed by atoms with van der Waals surface area (Å²) in [6, 6.07) is 2.28. The number of ether oxygens (including phenoxy) is 2. The Hall–Kier alpha value is -1.66. The van der Waals surface area contributed by atoms with E-state index in [-0.39, 0.29) is 5.91 Å². The van der Waals surface area contributed by atoms with Crippen LogP contribution in [0, 0.1) is 0 Å². The monoisotopic (exact) mass is 305 g/mol. The van der Waals surface area contributed by atoms with Crippen LogP contribution in [0.4, 0.5) is 0 Å². The predicted octanol–water partition coefficient (Wildman–Crippen LogP) is 1.33. The Labute approximate surface area is 130 Å². The number of amides is 1. The van der Waals surface area contributed by atoms with E-state index in [1.54, 1.807) is 12.0 Å². The van der Waals surface area contributed by atoms with Gasteiger partial charge in [0.05, 0.1) is 31.5 Å². The van der Waals surface area contributed by atoms with Gasteiger partial charge < -0.3 is 19.7 Å². The Morgan fingerprint density at radius 3 is 3.09 bits per heavy atom. The second kappa shape index (κ2) is 6.62. The smallest absolute Gasteiger partial charge is 0.256 e. The summed E-state index contributed by atoms with van der Waals surface area (Å²) in [5, 5.41) is 3.47. The molecule has 0 saturated carbocycles. The van der Waals surface area contributed by atoms with Crippen LogP contribution in [0.2, 0.25) is 0 Å². The first kappa shape index (κ1) is 15.2. The molecule has 2 aliphatic rings. The van der Waals surface area contributed by atoms with Crippen molar-refractivity contribution in [2.45, 2.75) is 38.9 Å². The number of carbonyl (C=O) groups excluding carboxylic acids is 1. The van der Waals surface area contributed by atoms with Crippen molar-refractivity contribution in [1.29, 1.82) is 0 Å². The van der Waals surface area contributed by atoms with Gasteiger partial charge in [-0.25, -0.2) is 4.98 Å². The van der Waals surface area contributed by atoms with Crippen molar-refractivity contribution in [2.24, 2.45) is 0 Å². The van der Waals surface area contributed by atoms with Crippen molar-refractivity contribution in [1.82, 2.24) is 15.2 Å². The summed E-state index contributed by atoms with van der Waals surface area (Å²) in [5.41, 5.74) is 2.45. The molecule has 0 spiro atoms. The molecule has 1 aromatic heterocycles. The van der Waals surface area contributed by atoms with E-state index in [2.05, 4.69) is 10.3 Å². The molecular weight excluding hydrogens is 282 g/mol. The number of carbonyl (C=O) groups is 1. The van der Waals surface area contributed by atoms with Gasteiger partial charge in [-0.1, -0.05) is 0 Å². The number of aromatic nitrogens is 1. The number of nitrogens with zero attached hydrogens (tertiary/aromatic N) is 2. The van der Waals surface area contributed by atoms with Gasteiger partial charge in [0, 0.05) is 31.3 Å². The maximum atomic E-state index is 12.3. The van der Waals surface area contributed by atoms with Crippen molar-refractivity contribution in [2.75, 3.05) is 26.9 Å². The molecule has 1 amide bonds. The predicted molar refractivity (Wildman–Crippen MR) is 81.9 cm³/mol. The van der Waals surface area contributed by atoms with E-state index < -0.39 is 0 Å². The van der Waals surface area contributed by atoms with E-state index in [0.717, 1.165) is 37.3 Å². The number of nitrogens with one attached hydrogen (secondary N) is 1. The highest BCUT2D eigenvalue weighted by molar-refractivity contribution is 5.98. The Bertz CT molecular complexity index is 556. The first-order valence-electron chi connectivity index (χ1n) is 7.90. The lowest BCUT2D eigenvalue weighted by Gasteiger charge is -2.23. The third-order valence-corrected chi connectivity index (χ3v) is 4.32. The normalized spacial score (nSPS) is 21.1. The minimum Gasteiger partial charge on any atom is -0.481 e. The van der Waals surface area contributed by atoms with Crippen LogP contribution in [0.25, 0.3) is 0 Å². The largest absolute Gasteiger partial charge is 0.481 e. The summed E-state index contributed by atoms with van der Waals surface area (Å²) >= 11 is 0. The van der Waals surface area contributed by atoms with Crippen molar-refractivity contribution < 1.29 is 14.3 Å². The second-order valence-corrected chi connectivity index (χ2v) is 5.77. The highest BCUT2D eigenvalue weighted by atomic mass is 16.5. The Balaban J connectivity index is 1.76. The molecule has 22 heavy (non-hydrogen) atoms. The van der Waals surface area contributed by atoms with Crippen LogP contribution in [0.3, 0.4) is 0 Å². The number of hydrogen-bond acceptors (Lipinski definition) is 5. The number of methoxy groups -OCH3 is 1. The van der Waals surface area contributed by atoms with Crippen molar-refractivity contribution in [3.63, 3.8) is 0 Å². The Kier molecular flexibility index (Phi) is 4.59. The van der Waals surface area contributed by atoms with Crippen LogP contribution in [0.5, 0.6) is 5.88 Å². The van der Waals surface area contributed by atoms with E-state index in [0.29, 0.717) is 37.1 Å². The molecule has 120 valence electrons. The maximum absolute atomic E-state index is 12.3. The fourth-order valence-corrected chi connectivity index (χ4v) is 3.02. The molecular formula is C16H23N3O3. The molecule has 0 aromatic carbocycles. The first-order chi connectivity index (χ1) is 10.7. The molecule has 2 aliphatic heterocycles.